The Labute approximate surface area is 292 Å². The Hall–Kier alpha value is -4.00. The molecule has 9 nitrogen and oxygen atoms in total. The standard InChI is InChI=1S/C35H33Cl2N3O6S2/c36-28-14-18-31(19-15-28)39(47(43)44)20-3-4-21-40(34-9-2-1-8-32(34)35(41)42)48(45,46)24-26-7-5-6-25(22-26)10-16-30-17-12-27-11-13-29(37)23-33(27)38-30/h1-2,5-9,11-15,17-19,22-23H,3-4,10,16,20-21,24H2,(H,41,42)(H,43,44). The van der Waals surface area contributed by atoms with E-state index in [1.165, 1.54) is 16.4 Å². The molecule has 2 N–H and O–H groups in total. The molecule has 0 bridgehead atoms. The van der Waals surface area contributed by atoms with Gasteiger partial charge in [-0.3, -0.25) is 18.1 Å². The zero-order chi connectivity index (χ0) is 34.3. The summed E-state index contributed by atoms with van der Waals surface area (Å²) in [4.78, 5) is 16.8. The highest BCUT2D eigenvalue weighted by Crippen LogP contribution is 2.27. The number of sulfonamides is 1. The number of para-hydroxylation sites is 1. The molecule has 0 aliphatic heterocycles. The molecule has 13 heteroatoms. The van der Waals surface area contributed by atoms with Crippen molar-refractivity contribution in [3.05, 3.63) is 136 Å². The second-order valence-corrected chi connectivity index (χ2v) is 14.8. The summed E-state index contributed by atoms with van der Waals surface area (Å²) >= 11 is 9.78. The van der Waals surface area contributed by atoms with Crippen molar-refractivity contribution in [2.24, 2.45) is 0 Å². The van der Waals surface area contributed by atoms with Gasteiger partial charge in [-0.05, 0) is 91.4 Å². The van der Waals surface area contributed by atoms with Crippen LogP contribution in [0.5, 0.6) is 0 Å². The van der Waals surface area contributed by atoms with E-state index < -0.39 is 27.3 Å². The molecule has 5 rings (SSSR count). The lowest BCUT2D eigenvalue weighted by atomic mass is 10.0. The molecular weight excluding hydrogens is 693 g/mol. The highest BCUT2D eigenvalue weighted by molar-refractivity contribution is 7.92. The Bertz CT molecular complexity index is 2040. The van der Waals surface area contributed by atoms with Crippen LogP contribution < -0.4 is 8.61 Å². The van der Waals surface area contributed by atoms with Crippen LogP contribution in [0, 0.1) is 0 Å². The maximum Gasteiger partial charge on any atom is 0.337 e. The molecule has 0 saturated carbocycles. The first kappa shape index (κ1) is 35.3. The van der Waals surface area contributed by atoms with E-state index >= 15 is 0 Å². The van der Waals surface area contributed by atoms with Gasteiger partial charge in [0.15, 0.2) is 0 Å². The minimum absolute atomic E-state index is 0.0313. The van der Waals surface area contributed by atoms with E-state index in [2.05, 4.69) is 0 Å². The largest absolute Gasteiger partial charge is 0.478 e. The van der Waals surface area contributed by atoms with Crippen molar-refractivity contribution in [1.82, 2.24) is 4.98 Å². The number of nitrogens with zero attached hydrogens (tertiary/aromatic N) is 3. The maximum absolute atomic E-state index is 14.0. The van der Waals surface area contributed by atoms with Crippen LogP contribution in [-0.4, -0.2) is 46.3 Å². The van der Waals surface area contributed by atoms with Gasteiger partial charge in [-0.2, -0.15) is 0 Å². The fourth-order valence-corrected chi connectivity index (χ4v) is 7.91. The van der Waals surface area contributed by atoms with Crippen molar-refractivity contribution >= 4 is 72.7 Å². The highest BCUT2D eigenvalue weighted by Gasteiger charge is 2.27. The van der Waals surface area contributed by atoms with E-state index in [0.717, 1.165) is 26.5 Å². The number of aryl methyl sites for hydroxylation is 2. The third-order valence-electron chi connectivity index (χ3n) is 7.74. The van der Waals surface area contributed by atoms with E-state index in [1.54, 1.807) is 42.5 Å². The second kappa shape index (κ2) is 15.9. The van der Waals surface area contributed by atoms with Gasteiger partial charge in [0, 0.05) is 34.2 Å². The molecule has 0 saturated heterocycles. The van der Waals surface area contributed by atoms with Crippen LogP contribution in [0.15, 0.2) is 103 Å². The number of aromatic nitrogens is 1. The smallest absolute Gasteiger partial charge is 0.337 e. The summed E-state index contributed by atoms with van der Waals surface area (Å²) < 4.78 is 52.4. The van der Waals surface area contributed by atoms with Gasteiger partial charge in [0.05, 0.1) is 28.2 Å². The van der Waals surface area contributed by atoms with Crippen LogP contribution in [0.25, 0.3) is 10.9 Å². The summed E-state index contributed by atoms with van der Waals surface area (Å²) in [5.74, 6) is -1.60. The third kappa shape index (κ3) is 9.12. The monoisotopic (exact) mass is 725 g/mol. The van der Waals surface area contributed by atoms with Crippen molar-refractivity contribution in [3.8, 4) is 0 Å². The van der Waals surface area contributed by atoms with Gasteiger partial charge in [-0.1, -0.05) is 71.7 Å². The molecular formula is C35H33Cl2N3O6S2. The quantitative estimate of drug-likeness (QED) is 0.0833. The van der Waals surface area contributed by atoms with Crippen LogP contribution in [0.3, 0.4) is 0 Å². The molecule has 1 heterocycles. The number of hydrogen-bond acceptors (Lipinski definition) is 5. The van der Waals surface area contributed by atoms with Crippen LogP contribution in [0.1, 0.15) is 40.0 Å². The van der Waals surface area contributed by atoms with E-state index in [1.807, 2.05) is 48.5 Å². The number of anilines is 2. The molecule has 1 unspecified atom stereocenters. The topological polar surface area (TPSA) is 128 Å². The molecule has 0 amide bonds. The summed E-state index contributed by atoms with van der Waals surface area (Å²) in [5.41, 5.74) is 3.60. The van der Waals surface area contributed by atoms with Crippen molar-refractivity contribution in [3.63, 3.8) is 0 Å². The van der Waals surface area contributed by atoms with E-state index in [9.17, 15) is 27.1 Å². The Morgan fingerprint density at radius 2 is 1.48 bits per heavy atom. The summed E-state index contributed by atoms with van der Waals surface area (Å²) in [7, 11) is -4.06. The molecule has 1 aromatic heterocycles. The zero-order valence-electron chi connectivity index (χ0n) is 25.7. The Balaban J connectivity index is 1.31. The summed E-state index contributed by atoms with van der Waals surface area (Å²) in [6, 6.07) is 29.3. The molecule has 48 heavy (non-hydrogen) atoms. The zero-order valence-corrected chi connectivity index (χ0v) is 28.9. The molecule has 0 radical (unpaired) electrons. The molecule has 0 aliphatic carbocycles. The van der Waals surface area contributed by atoms with Crippen LogP contribution in [0.2, 0.25) is 10.0 Å². The first-order valence-electron chi connectivity index (χ1n) is 15.1. The van der Waals surface area contributed by atoms with Crippen molar-refractivity contribution in [1.29, 1.82) is 0 Å². The van der Waals surface area contributed by atoms with E-state index in [4.69, 9.17) is 28.2 Å². The number of carboxylic acid groups (broad SMARTS) is 1. The van der Waals surface area contributed by atoms with Gasteiger partial charge in [0.25, 0.3) is 11.3 Å². The SMILES string of the molecule is O=C(O)c1ccccc1N(CCCCN(c1ccc(Cl)cc1)S(=O)O)S(=O)(=O)Cc1cccc(CCc2ccc3ccc(Cl)cc3n2)c1. The number of hydrogen-bond donors (Lipinski definition) is 2. The number of fused-ring (bicyclic) bond motifs is 1. The second-order valence-electron chi connectivity index (χ2n) is 11.1. The molecule has 4 aromatic carbocycles. The Morgan fingerprint density at radius 1 is 0.792 bits per heavy atom. The number of pyridine rings is 1. The van der Waals surface area contributed by atoms with Gasteiger partial charge in [-0.25, -0.2) is 17.4 Å². The summed E-state index contributed by atoms with van der Waals surface area (Å²) in [6.07, 6.45) is 1.91. The fourth-order valence-electron chi connectivity index (χ4n) is 5.40. The number of unbranched alkanes of at least 4 members (excludes halogenated alkanes) is 1. The molecule has 1 atom stereocenters. The van der Waals surface area contributed by atoms with Gasteiger partial charge < -0.3 is 5.11 Å². The number of carbonyl (C=O) groups is 1. The molecule has 0 spiro atoms. The van der Waals surface area contributed by atoms with Crippen molar-refractivity contribution in [2.75, 3.05) is 21.7 Å². The lowest BCUT2D eigenvalue weighted by Crippen LogP contribution is -2.35. The highest BCUT2D eigenvalue weighted by atomic mass is 35.5. The number of benzene rings is 4. The predicted octanol–water partition coefficient (Wildman–Crippen LogP) is 7.78. The van der Waals surface area contributed by atoms with Crippen LogP contribution >= 0.6 is 23.2 Å². The maximum atomic E-state index is 14.0. The van der Waals surface area contributed by atoms with Gasteiger partial charge in [0.2, 0.25) is 10.0 Å². The average Bonchev–Trinajstić information content (AvgIpc) is 3.05. The van der Waals surface area contributed by atoms with E-state index in [0.29, 0.717) is 47.0 Å². The third-order valence-corrected chi connectivity index (χ3v) is 10.7. The Kier molecular flexibility index (Phi) is 11.7. The number of aromatic carboxylic acids is 1. The van der Waals surface area contributed by atoms with Crippen molar-refractivity contribution in [2.45, 2.75) is 31.4 Å². The normalized spacial score (nSPS) is 12.1. The number of halogens is 2. The minimum Gasteiger partial charge on any atom is -0.478 e. The van der Waals surface area contributed by atoms with Crippen LogP contribution in [-0.2, 0) is 39.9 Å². The molecule has 0 aliphatic rings. The van der Waals surface area contributed by atoms with Gasteiger partial charge in [0.1, 0.15) is 0 Å². The first-order valence-corrected chi connectivity index (χ1v) is 18.5. The first-order chi connectivity index (χ1) is 23.0. The van der Waals surface area contributed by atoms with Gasteiger partial charge >= 0.3 is 5.97 Å². The average molecular weight is 727 g/mol. The lowest BCUT2D eigenvalue weighted by Gasteiger charge is -2.27. The van der Waals surface area contributed by atoms with Gasteiger partial charge in [-0.15, -0.1) is 0 Å². The van der Waals surface area contributed by atoms with Crippen molar-refractivity contribution < 1.29 is 27.1 Å². The summed E-state index contributed by atoms with van der Waals surface area (Å²) in [6.45, 7) is 0.122. The number of carboxylic acids is 1. The molecule has 5 aromatic rings. The Morgan fingerprint density at radius 3 is 2.23 bits per heavy atom. The van der Waals surface area contributed by atoms with E-state index in [-0.39, 0.29) is 30.1 Å². The number of rotatable bonds is 15. The van der Waals surface area contributed by atoms with Crippen LogP contribution in [0.4, 0.5) is 11.4 Å². The molecule has 0 fully saturated rings. The fraction of sp³-hybridized carbons (Fsp3) is 0.200. The lowest BCUT2D eigenvalue weighted by molar-refractivity contribution is 0.0697. The summed E-state index contributed by atoms with van der Waals surface area (Å²) in [5, 5.41) is 12.0. The minimum atomic E-state index is -4.06. The predicted molar refractivity (Wildman–Crippen MR) is 193 cm³/mol. The molecule has 250 valence electrons.